The van der Waals surface area contributed by atoms with E-state index in [4.69, 9.17) is 4.42 Å². The molecule has 0 amide bonds. The van der Waals surface area contributed by atoms with E-state index < -0.39 is 10.0 Å². The lowest BCUT2D eigenvalue weighted by Gasteiger charge is -2.11. The predicted octanol–water partition coefficient (Wildman–Crippen LogP) is 2.99. The number of nitrogens with zero attached hydrogens (tertiary/aromatic N) is 2. The summed E-state index contributed by atoms with van der Waals surface area (Å²) in [5.74, 6) is 1.12. The summed E-state index contributed by atoms with van der Waals surface area (Å²) >= 11 is 0. The van der Waals surface area contributed by atoms with E-state index in [-0.39, 0.29) is 35.4 Å². The van der Waals surface area contributed by atoms with Crippen molar-refractivity contribution in [3.05, 3.63) is 72.6 Å². The molecule has 0 radical (unpaired) electrons. The minimum atomic E-state index is -3.52. The third-order valence-corrected chi connectivity index (χ3v) is 5.56. The first kappa shape index (κ1) is 24.8. The van der Waals surface area contributed by atoms with Crippen molar-refractivity contribution >= 4 is 40.0 Å². The Morgan fingerprint density at radius 3 is 2.35 bits per heavy atom. The molecule has 0 unspecified atom stereocenters. The standard InChI is InChI=1S/C21H25N5O3S.HI/c1-2-22-21(23-13-14-25-30(27,28)19-11-7-4-8-12-19)24-15-18-16-29-20(26-18)17-9-5-3-6-10-17;/h3-12,16,25H,2,13-15H2,1H3,(H2,22,23,24);1H. The number of rotatable bonds is 9. The highest BCUT2D eigenvalue weighted by Crippen LogP contribution is 2.18. The summed E-state index contributed by atoms with van der Waals surface area (Å²) in [6.45, 7) is 3.58. The summed E-state index contributed by atoms with van der Waals surface area (Å²) in [7, 11) is -3.52. The molecule has 0 aliphatic rings. The van der Waals surface area contributed by atoms with Crippen molar-refractivity contribution in [3.63, 3.8) is 0 Å². The van der Waals surface area contributed by atoms with Crippen LogP contribution < -0.4 is 15.4 Å². The molecule has 166 valence electrons. The lowest BCUT2D eigenvalue weighted by molar-refractivity contribution is 0.572. The third-order valence-electron chi connectivity index (χ3n) is 4.08. The molecule has 0 aliphatic carbocycles. The molecule has 0 bridgehead atoms. The molecule has 0 aliphatic heterocycles. The van der Waals surface area contributed by atoms with Crippen LogP contribution >= 0.6 is 24.0 Å². The molecular weight excluding hydrogens is 529 g/mol. The molecule has 1 heterocycles. The van der Waals surface area contributed by atoms with Gasteiger partial charge in [-0.15, -0.1) is 24.0 Å². The largest absolute Gasteiger partial charge is 0.444 e. The highest BCUT2D eigenvalue weighted by atomic mass is 127. The number of hydrogen-bond donors (Lipinski definition) is 3. The Morgan fingerprint density at radius 1 is 1.00 bits per heavy atom. The molecule has 3 N–H and O–H groups in total. The Bertz CT molecular complexity index is 1060. The summed E-state index contributed by atoms with van der Waals surface area (Å²) in [5, 5.41) is 6.23. The fourth-order valence-electron chi connectivity index (χ4n) is 2.64. The molecular formula is C21H26IN5O3S. The molecule has 0 saturated heterocycles. The maximum absolute atomic E-state index is 12.2. The number of guanidine groups is 1. The normalized spacial score (nSPS) is 11.6. The summed E-state index contributed by atoms with van der Waals surface area (Å²) < 4.78 is 32.5. The molecule has 2 aromatic carbocycles. The number of aliphatic imine (C=N–C) groups is 1. The van der Waals surface area contributed by atoms with Crippen molar-refractivity contribution in [2.45, 2.75) is 18.4 Å². The zero-order valence-electron chi connectivity index (χ0n) is 17.1. The Balaban J connectivity index is 0.00000341. The van der Waals surface area contributed by atoms with Crippen LogP contribution in [0, 0.1) is 0 Å². The van der Waals surface area contributed by atoms with Gasteiger partial charge in [0.2, 0.25) is 15.9 Å². The van der Waals surface area contributed by atoms with Gasteiger partial charge in [0.1, 0.15) is 12.0 Å². The first-order chi connectivity index (χ1) is 14.6. The fraction of sp³-hybridized carbons (Fsp3) is 0.238. The zero-order chi connectivity index (χ0) is 21.2. The van der Waals surface area contributed by atoms with E-state index in [1.807, 2.05) is 37.3 Å². The molecule has 0 saturated carbocycles. The van der Waals surface area contributed by atoms with Gasteiger partial charge >= 0.3 is 0 Å². The molecule has 1 aromatic heterocycles. The van der Waals surface area contributed by atoms with Gasteiger partial charge < -0.3 is 15.1 Å². The molecule has 3 rings (SSSR count). The predicted molar refractivity (Wildman–Crippen MR) is 132 cm³/mol. The molecule has 0 spiro atoms. The van der Waals surface area contributed by atoms with E-state index in [0.29, 0.717) is 37.2 Å². The summed E-state index contributed by atoms with van der Waals surface area (Å²) in [6, 6.07) is 17.9. The number of oxazole rings is 1. The van der Waals surface area contributed by atoms with E-state index >= 15 is 0 Å². The van der Waals surface area contributed by atoms with Gasteiger partial charge in [-0.05, 0) is 31.2 Å². The quantitative estimate of drug-likeness (QED) is 0.162. The summed E-state index contributed by atoms with van der Waals surface area (Å²) in [4.78, 5) is 9.17. The minimum absolute atomic E-state index is 0. The lowest BCUT2D eigenvalue weighted by atomic mass is 10.2. The van der Waals surface area contributed by atoms with Crippen LogP contribution in [-0.2, 0) is 16.6 Å². The molecule has 0 fully saturated rings. The van der Waals surface area contributed by atoms with Gasteiger partial charge in [-0.3, -0.25) is 0 Å². The van der Waals surface area contributed by atoms with Crippen LogP contribution in [0.15, 0.2) is 81.2 Å². The van der Waals surface area contributed by atoms with Crippen LogP contribution in [0.2, 0.25) is 0 Å². The number of aromatic nitrogens is 1. The number of halogens is 1. The van der Waals surface area contributed by atoms with Crippen LogP contribution in [0.1, 0.15) is 12.6 Å². The maximum atomic E-state index is 12.2. The molecule has 8 nitrogen and oxygen atoms in total. The number of hydrogen-bond acceptors (Lipinski definition) is 5. The second kappa shape index (κ2) is 12.4. The van der Waals surface area contributed by atoms with Crippen molar-refractivity contribution in [2.75, 3.05) is 19.6 Å². The van der Waals surface area contributed by atoms with Gasteiger partial charge in [-0.2, -0.15) is 0 Å². The second-order valence-electron chi connectivity index (χ2n) is 6.34. The number of benzene rings is 2. The van der Waals surface area contributed by atoms with Crippen molar-refractivity contribution in [1.82, 2.24) is 20.3 Å². The van der Waals surface area contributed by atoms with E-state index in [1.165, 1.54) is 0 Å². The van der Waals surface area contributed by atoms with E-state index in [0.717, 1.165) is 5.56 Å². The monoisotopic (exact) mass is 555 g/mol. The molecule has 3 aromatic rings. The molecule has 10 heteroatoms. The Labute approximate surface area is 199 Å². The van der Waals surface area contributed by atoms with E-state index in [2.05, 4.69) is 25.3 Å². The highest BCUT2D eigenvalue weighted by molar-refractivity contribution is 14.0. The van der Waals surface area contributed by atoms with Crippen LogP contribution in [-0.4, -0.2) is 39.0 Å². The van der Waals surface area contributed by atoms with Crippen LogP contribution in [0.25, 0.3) is 11.5 Å². The SMILES string of the molecule is CCNC(=NCc1coc(-c2ccccc2)n1)NCCNS(=O)(=O)c1ccccc1.I. The summed E-state index contributed by atoms with van der Waals surface area (Å²) in [5.41, 5.74) is 1.61. The molecule has 0 atom stereocenters. The average molecular weight is 555 g/mol. The van der Waals surface area contributed by atoms with Gasteiger partial charge in [0.25, 0.3) is 0 Å². The van der Waals surface area contributed by atoms with Crippen molar-refractivity contribution in [2.24, 2.45) is 4.99 Å². The van der Waals surface area contributed by atoms with Gasteiger partial charge in [-0.25, -0.2) is 23.1 Å². The van der Waals surface area contributed by atoms with Crippen molar-refractivity contribution in [1.29, 1.82) is 0 Å². The smallest absolute Gasteiger partial charge is 0.240 e. The van der Waals surface area contributed by atoms with Gasteiger partial charge in [0, 0.05) is 25.2 Å². The van der Waals surface area contributed by atoms with E-state index in [9.17, 15) is 8.42 Å². The van der Waals surface area contributed by atoms with Crippen LogP contribution in [0.3, 0.4) is 0 Å². The second-order valence-corrected chi connectivity index (χ2v) is 8.11. The number of sulfonamides is 1. The van der Waals surface area contributed by atoms with Crippen molar-refractivity contribution in [3.8, 4) is 11.5 Å². The van der Waals surface area contributed by atoms with Crippen LogP contribution in [0.5, 0.6) is 0 Å². The van der Waals surface area contributed by atoms with Gasteiger partial charge in [0.15, 0.2) is 5.96 Å². The number of nitrogens with one attached hydrogen (secondary N) is 3. The average Bonchev–Trinajstić information content (AvgIpc) is 3.25. The minimum Gasteiger partial charge on any atom is -0.444 e. The van der Waals surface area contributed by atoms with E-state index in [1.54, 1.807) is 36.6 Å². The third kappa shape index (κ3) is 7.64. The van der Waals surface area contributed by atoms with Crippen molar-refractivity contribution < 1.29 is 12.8 Å². The highest BCUT2D eigenvalue weighted by Gasteiger charge is 2.12. The fourth-order valence-corrected chi connectivity index (χ4v) is 3.70. The topological polar surface area (TPSA) is 109 Å². The lowest BCUT2D eigenvalue weighted by Crippen LogP contribution is -2.41. The van der Waals surface area contributed by atoms with Gasteiger partial charge in [0.05, 0.1) is 11.4 Å². The van der Waals surface area contributed by atoms with Gasteiger partial charge in [-0.1, -0.05) is 36.4 Å². The first-order valence-electron chi connectivity index (χ1n) is 9.65. The Hall–Kier alpha value is -2.44. The molecule has 31 heavy (non-hydrogen) atoms. The summed E-state index contributed by atoms with van der Waals surface area (Å²) in [6.07, 6.45) is 1.59. The van der Waals surface area contributed by atoms with Crippen LogP contribution in [0.4, 0.5) is 0 Å². The maximum Gasteiger partial charge on any atom is 0.240 e. The first-order valence-corrected chi connectivity index (χ1v) is 11.1. The Morgan fingerprint density at radius 2 is 1.68 bits per heavy atom. The Kier molecular flexibility index (Phi) is 9.95. The zero-order valence-corrected chi connectivity index (χ0v) is 20.3.